The van der Waals surface area contributed by atoms with Crippen LogP contribution in [0.1, 0.15) is 169 Å². The summed E-state index contributed by atoms with van der Waals surface area (Å²) in [6.07, 6.45) is -2.93. The number of carbonyl (C=O) groups is 14. The molecule has 6 heterocycles. The fourth-order valence-corrected chi connectivity index (χ4v) is 11.6. The van der Waals surface area contributed by atoms with Gasteiger partial charge in [-0.05, 0) is 131 Å². The van der Waals surface area contributed by atoms with E-state index in [9.17, 15) is 117 Å². The molecule has 0 saturated carbocycles. The van der Waals surface area contributed by atoms with Crippen molar-refractivity contribution in [3.8, 4) is 11.8 Å². The van der Waals surface area contributed by atoms with E-state index in [1.807, 2.05) is 0 Å². The van der Waals surface area contributed by atoms with Crippen LogP contribution in [0, 0.1) is 0 Å². The van der Waals surface area contributed by atoms with Gasteiger partial charge >= 0.3 is 23.9 Å². The largest absolute Gasteiger partial charge is 0.884 e. The Balaban J connectivity index is 0.000000189. The maximum atomic E-state index is 11.9. The number of fused-ring (bicyclic) bond motifs is 6. The topological polar surface area (TPSA) is 664 Å². The minimum atomic E-state index is -1.67. The lowest BCUT2D eigenvalue weighted by Gasteiger charge is -2.25. The molecule has 2 atom stereocenters. The molecule has 9 aromatic rings. The molecule has 2 unspecified atom stereocenters. The summed E-state index contributed by atoms with van der Waals surface area (Å²) in [6.45, 7) is 0. The van der Waals surface area contributed by atoms with Crippen molar-refractivity contribution in [3.05, 3.63) is 214 Å². The summed E-state index contributed by atoms with van der Waals surface area (Å²) in [5.74, 6) is -15.5. The van der Waals surface area contributed by atoms with Gasteiger partial charge in [-0.1, -0.05) is 0 Å². The molecule has 3 aromatic heterocycles. The first-order valence-corrected chi connectivity index (χ1v) is 32.2. The highest BCUT2D eigenvalue weighted by Gasteiger charge is 2.38. The lowest BCUT2D eigenvalue weighted by Crippen LogP contribution is -2.38. The van der Waals surface area contributed by atoms with Gasteiger partial charge in [0, 0.05) is 88.7 Å². The lowest BCUT2D eigenvalue weighted by atomic mass is 9.96. The summed E-state index contributed by atoms with van der Waals surface area (Å²) in [4.78, 5) is 212. The molecule has 0 radical (unpaired) electrons. The van der Waals surface area contributed by atoms with Gasteiger partial charge in [0.15, 0.2) is 0 Å². The van der Waals surface area contributed by atoms with Crippen LogP contribution in [0.5, 0.6) is 11.8 Å². The van der Waals surface area contributed by atoms with Crippen LogP contribution in [0.3, 0.4) is 0 Å². The number of rotatable bonds is 11. The molecule has 42 nitrogen and oxygen atoms in total. The van der Waals surface area contributed by atoms with E-state index in [4.69, 9.17) is 30.6 Å². The number of benzene rings is 6. The number of carbonyl (C=O) groups excluding carboxylic acids is 10. The Morgan fingerprint density at radius 3 is 0.991 bits per heavy atom. The second-order valence-electron chi connectivity index (χ2n) is 24.3. The average molecular weight is 1580 g/mol. The van der Waals surface area contributed by atoms with Gasteiger partial charge in [0.05, 0.1) is 93.5 Å². The number of nitrogens with zero attached hydrogens (tertiary/aromatic N) is 6. The van der Waals surface area contributed by atoms with E-state index < -0.39 is 169 Å². The second kappa shape index (κ2) is 33.6. The number of aromatic nitrogens is 3. The fraction of sp³-hybridized carbons (Fsp3) is 0.194. The molecular formula is C72H62N12O30-6. The number of aliphatic hydroxyl groups is 2. The maximum Gasteiger partial charge on any atom is 0.336 e. The second-order valence-corrected chi connectivity index (χ2v) is 24.3. The molecule has 596 valence electrons. The predicted molar refractivity (Wildman–Crippen MR) is 380 cm³/mol. The average Bonchev–Trinajstić information content (AvgIpc) is 1.60. The number of aliphatic hydroxyl groups excluding tert-OH is 1. The van der Waals surface area contributed by atoms with E-state index in [-0.39, 0.29) is 104 Å². The Hall–Kier alpha value is -15.5. The number of nitrogens with one attached hydrogen (secondary N) is 6. The van der Waals surface area contributed by atoms with E-state index in [1.54, 1.807) is 0 Å². The van der Waals surface area contributed by atoms with Crippen LogP contribution in [-0.2, 0) is 21.1 Å². The third-order valence-electron chi connectivity index (χ3n) is 17.8. The van der Waals surface area contributed by atoms with Gasteiger partial charge < -0.3 is 103 Å². The van der Waals surface area contributed by atoms with Crippen molar-refractivity contribution in [2.24, 2.45) is 21.1 Å². The zero-order valence-corrected chi connectivity index (χ0v) is 61.2. The van der Waals surface area contributed by atoms with Gasteiger partial charge in [0.2, 0.25) is 0 Å². The molecule has 3 aliphatic heterocycles. The summed E-state index contributed by atoms with van der Waals surface area (Å²) >= 11 is 0. The summed E-state index contributed by atoms with van der Waals surface area (Å²) in [7, 11) is 16.0. The molecule has 0 spiro atoms. The van der Waals surface area contributed by atoms with E-state index in [0.717, 1.165) is 64.8 Å². The van der Waals surface area contributed by atoms with Gasteiger partial charge in [-0.3, -0.25) is 86.1 Å². The molecule has 12 N–H and O–H groups in total. The minimum absolute atomic E-state index is 0.178. The van der Waals surface area contributed by atoms with Crippen molar-refractivity contribution < 1.29 is 128 Å². The van der Waals surface area contributed by atoms with Gasteiger partial charge in [-0.2, -0.15) is 5.95 Å². The Morgan fingerprint density at radius 1 is 0.360 bits per heavy atom. The zero-order chi connectivity index (χ0) is 85.9. The predicted octanol–water partition coefficient (Wildman–Crippen LogP) is -6.91. The first kappa shape index (κ1) is 85.8. The number of imide groups is 2. The Bertz CT molecular complexity index is 5760. The summed E-state index contributed by atoms with van der Waals surface area (Å²) in [5.41, 5.74) is -4.20. The van der Waals surface area contributed by atoms with Crippen LogP contribution in [0.2, 0.25) is 0 Å². The quantitative estimate of drug-likeness (QED) is 0.0423. The van der Waals surface area contributed by atoms with Crippen LogP contribution >= 0.6 is 0 Å². The van der Waals surface area contributed by atoms with Crippen molar-refractivity contribution in [1.29, 1.82) is 0 Å². The molecule has 0 fully saturated rings. The summed E-state index contributed by atoms with van der Waals surface area (Å²) in [6, 6.07) is 13.3. The molecular weight excluding hydrogens is 1510 g/mol. The molecule has 0 aliphatic carbocycles. The minimum Gasteiger partial charge on any atom is -0.884 e. The first-order chi connectivity index (χ1) is 53.3. The zero-order valence-electron chi connectivity index (χ0n) is 61.2. The third-order valence-corrected chi connectivity index (χ3v) is 17.8. The van der Waals surface area contributed by atoms with E-state index in [1.165, 1.54) is 121 Å². The smallest absolute Gasteiger partial charge is 0.336 e. The molecule has 114 heavy (non-hydrogen) atoms. The monoisotopic (exact) mass is 1570 g/mol. The highest BCUT2D eigenvalue weighted by atomic mass is 16.5. The Labute approximate surface area is 636 Å². The Morgan fingerprint density at radius 2 is 0.667 bits per heavy atom. The molecule has 3 aliphatic rings. The fourth-order valence-electron chi connectivity index (χ4n) is 11.6. The molecule has 10 amide bonds. The normalized spacial score (nSPS) is 13.1. The highest BCUT2D eigenvalue weighted by Crippen LogP contribution is 2.37. The number of aromatic carboxylic acids is 4. The van der Waals surface area contributed by atoms with Crippen LogP contribution in [-0.4, -0.2) is 205 Å². The van der Waals surface area contributed by atoms with Crippen LogP contribution in [0.4, 0.5) is 0 Å². The molecule has 0 bridgehead atoms. The van der Waals surface area contributed by atoms with Gasteiger partial charge in [0.25, 0.3) is 87.3 Å². The van der Waals surface area contributed by atoms with Crippen LogP contribution in [0.25, 0.3) is 44.2 Å². The summed E-state index contributed by atoms with van der Waals surface area (Å²) < 4.78 is 2.91. The van der Waals surface area contributed by atoms with Crippen LogP contribution in [0.15, 0.2) is 92.0 Å². The molecule has 0 saturated heterocycles. The van der Waals surface area contributed by atoms with Gasteiger partial charge in [0.1, 0.15) is 0 Å². The van der Waals surface area contributed by atoms with Crippen molar-refractivity contribution in [1.82, 2.24) is 60.3 Å². The molecule has 12 rings (SSSR count). The maximum absolute atomic E-state index is 11.9. The number of carboxylic acid groups (broad SMARTS) is 4. The van der Waals surface area contributed by atoms with Crippen molar-refractivity contribution in [2.75, 3.05) is 63.4 Å². The standard InChI is InChI=1S/C12H14N2O6.C12H13N2O6.C12H12N2O6.C12H10N2O4.C12H9N2O4.C12H8N2O4/c3*1-13-9(15)5-3-8(12(19)20)6(10(16)14-2)4-7(5)11(17)18;3*1-13-9(15)5-3-7-8(4-6(5)10(13)16)12(18)14(2)11(7)17/h3-4,17-20H,1-2H3,(H,13,15)(H,14,16);3-4,9,13H,1-2H3,(H,14,16)(H,17,18)(H,19,20);3-4H,1-2H3,(H,13,15)(H,14,16)(H,17,18)(H,19,20);3-4,15-16H,1-2H3;3-4,9H,1-2H3;3-4H,1-2H3/q;-1;;;-1;/p-4. The van der Waals surface area contributed by atoms with Crippen LogP contribution < -0.4 is 95.2 Å². The lowest BCUT2D eigenvalue weighted by molar-refractivity contribution is -0.453. The van der Waals surface area contributed by atoms with Crippen molar-refractivity contribution in [3.63, 3.8) is 0 Å². The molecule has 42 heteroatoms. The number of hydrogen-bond acceptors (Lipinski definition) is 27. The summed E-state index contributed by atoms with van der Waals surface area (Å²) in [5, 5.41) is 137. The third kappa shape index (κ3) is 15.7. The van der Waals surface area contributed by atoms with Crippen molar-refractivity contribution >= 4 is 127 Å². The Kier molecular flexibility index (Phi) is 25.3. The number of hydrogen-bond donors (Lipinski definition) is 12. The molecule has 6 aromatic carbocycles. The van der Waals surface area contributed by atoms with Gasteiger partial charge in [-0.15, -0.1) is 0 Å². The highest BCUT2D eigenvalue weighted by molar-refractivity contribution is 6.24. The van der Waals surface area contributed by atoms with E-state index in [2.05, 4.69) is 31.9 Å². The van der Waals surface area contributed by atoms with Gasteiger partial charge in [-0.25, -0.2) is 19.2 Å². The van der Waals surface area contributed by atoms with Crippen molar-refractivity contribution in [2.45, 2.75) is 12.5 Å². The van der Waals surface area contributed by atoms with E-state index in [0.29, 0.717) is 0 Å². The SMILES string of the molecule is CN1C(=O)c2cc3c([O-])n(C)c([O-])c3cc2C1=O.CN1C(=O)c2cc3c(cc2C1=O)C([O-])N(C)C3=O.CNC(=O)c1cc(=C(O)O)c(C(=O)NC)cc1=C([O-])[O-].CNC(=O)c1cc(C(=O)O)c(C(=O)NC)cc1C(=O)O.CNC(=O)c1cc(C(=O)O)c(C([O-])NC)cc1C(=O)O.Cn1c(=O)c2cc3c(=O)n(C)c(=O)c3cc2c1=O. The van der Waals surface area contributed by atoms with E-state index >= 15 is 0 Å². The number of carboxylic acids is 4. The number of amides is 10. The first-order valence-electron chi connectivity index (χ1n) is 32.2.